The first kappa shape index (κ1) is 19.7. The molecule has 29 heavy (non-hydrogen) atoms. The van der Waals surface area contributed by atoms with Gasteiger partial charge in [-0.3, -0.25) is 14.8 Å². The minimum absolute atomic E-state index is 0.0561. The minimum atomic E-state index is 0.0561. The predicted octanol–water partition coefficient (Wildman–Crippen LogP) is 3.65. The molecule has 0 atom stereocenters. The summed E-state index contributed by atoms with van der Waals surface area (Å²) in [5.74, 6) is 0.0561. The van der Waals surface area contributed by atoms with Gasteiger partial charge in [0.1, 0.15) is 9.88 Å². The molecular weight excluding hydrogens is 382 g/mol. The van der Waals surface area contributed by atoms with E-state index in [2.05, 4.69) is 26.9 Å². The predicted molar refractivity (Wildman–Crippen MR) is 115 cm³/mol. The SMILES string of the molecule is Cc1nc(-c2ccccn2)sc1C(=O)N(Cc1cccnc1)C1CCN(C)CC1. The number of likely N-dealkylation sites (tertiary alicyclic amines) is 1. The molecule has 4 heterocycles. The lowest BCUT2D eigenvalue weighted by molar-refractivity contribution is 0.0573. The molecule has 1 aliphatic rings. The number of rotatable bonds is 5. The van der Waals surface area contributed by atoms with E-state index in [1.165, 1.54) is 11.3 Å². The van der Waals surface area contributed by atoms with E-state index in [-0.39, 0.29) is 11.9 Å². The van der Waals surface area contributed by atoms with Gasteiger partial charge >= 0.3 is 0 Å². The second-order valence-electron chi connectivity index (χ2n) is 7.48. The normalized spacial score (nSPS) is 15.4. The van der Waals surface area contributed by atoms with Crippen molar-refractivity contribution in [1.82, 2.24) is 24.8 Å². The number of amides is 1. The quantitative estimate of drug-likeness (QED) is 0.646. The standard InChI is InChI=1S/C22H25N5OS/c1-16-20(29-21(25-16)19-7-3-4-11-24-19)22(28)27(15-17-6-5-10-23-14-17)18-8-12-26(2)13-9-18/h3-7,10-11,14,18H,8-9,12-13,15H2,1-2H3. The Bertz CT molecular complexity index is 952. The molecule has 0 aliphatic carbocycles. The maximum absolute atomic E-state index is 13.6. The van der Waals surface area contributed by atoms with Gasteiger partial charge in [-0.2, -0.15) is 0 Å². The average Bonchev–Trinajstić information content (AvgIpc) is 3.15. The molecule has 3 aromatic heterocycles. The molecule has 6 nitrogen and oxygen atoms in total. The van der Waals surface area contributed by atoms with Crippen LogP contribution in [0.1, 0.15) is 33.8 Å². The number of piperidine rings is 1. The fourth-order valence-electron chi connectivity index (χ4n) is 3.69. The summed E-state index contributed by atoms with van der Waals surface area (Å²) in [7, 11) is 2.13. The number of hydrogen-bond donors (Lipinski definition) is 0. The lowest BCUT2D eigenvalue weighted by atomic mass is 10.0. The topological polar surface area (TPSA) is 62.2 Å². The first-order chi connectivity index (χ1) is 14.1. The monoisotopic (exact) mass is 407 g/mol. The van der Waals surface area contributed by atoms with Crippen molar-refractivity contribution in [3.05, 3.63) is 65.1 Å². The van der Waals surface area contributed by atoms with Gasteiger partial charge in [-0.05, 0) is 63.7 Å². The third-order valence-corrected chi connectivity index (χ3v) is 6.51. The van der Waals surface area contributed by atoms with Gasteiger partial charge in [-0.15, -0.1) is 11.3 Å². The van der Waals surface area contributed by atoms with Crippen LogP contribution in [0.25, 0.3) is 10.7 Å². The van der Waals surface area contributed by atoms with Crippen molar-refractivity contribution < 1.29 is 4.79 Å². The highest BCUT2D eigenvalue weighted by atomic mass is 32.1. The van der Waals surface area contributed by atoms with Gasteiger partial charge in [0.15, 0.2) is 0 Å². The zero-order chi connectivity index (χ0) is 20.2. The molecule has 0 unspecified atom stereocenters. The lowest BCUT2D eigenvalue weighted by Crippen LogP contribution is -2.46. The van der Waals surface area contributed by atoms with Crippen LogP contribution < -0.4 is 0 Å². The largest absolute Gasteiger partial charge is 0.330 e. The molecule has 0 radical (unpaired) electrons. The van der Waals surface area contributed by atoms with E-state index in [1.807, 2.05) is 48.4 Å². The van der Waals surface area contributed by atoms with E-state index in [0.29, 0.717) is 11.4 Å². The maximum atomic E-state index is 13.6. The second-order valence-corrected chi connectivity index (χ2v) is 8.48. The van der Waals surface area contributed by atoms with Gasteiger partial charge < -0.3 is 9.80 Å². The molecular formula is C22H25N5OS. The van der Waals surface area contributed by atoms with Crippen LogP contribution >= 0.6 is 11.3 Å². The van der Waals surface area contributed by atoms with E-state index in [4.69, 9.17) is 0 Å². The molecule has 3 aromatic rings. The summed E-state index contributed by atoms with van der Waals surface area (Å²) >= 11 is 1.43. The molecule has 0 saturated carbocycles. The van der Waals surface area contributed by atoms with E-state index in [1.54, 1.807) is 12.4 Å². The van der Waals surface area contributed by atoms with Gasteiger partial charge in [0, 0.05) is 31.2 Å². The molecule has 1 aliphatic heterocycles. The Morgan fingerprint density at radius 2 is 2.03 bits per heavy atom. The molecule has 0 spiro atoms. The average molecular weight is 408 g/mol. The zero-order valence-electron chi connectivity index (χ0n) is 16.8. The Morgan fingerprint density at radius 1 is 1.21 bits per heavy atom. The molecule has 0 aromatic carbocycles. The third-order valence-electron chi connectivity index (χ3n) is 5.34. The van der Waals surface area contributed by atoms with Crippen molar-refractivity contribution in [3.8, 4) is 10.7 Å². The van der Waals surface area contributed by atoms with E-state index in [9.17, 15) is 4.79 Å². The smallest absolute Gasteiger partial charge is 0.266 e. The molecule has 1 fully saturated rings. The van der Waals surface area contributed by atoms with Crippen LogP contribution in [0.3, 0.4) is 0 Å². The van der Waals surface area contributed by atoms with Gasteiger partial charge in [0.2, 0.25) is 0 Å². The van der Waals surface area contributed by atoms with Crippen molar-refractivity contribution in [1.29, 1.82) is 0 Å². The number of nitrogens with zero attached hydrogens (tertiary/aromatic N) is 5. The van der Waals surface area contributed by atoms with Crippen LogP contribution in [-0.4, -0.2) is 56.8 Å². The Morgan fingerprint density at radius 3 is 2.72 bits per heavy atom. The Hall–Kier alpha value is -2.64. The number of hydrogen-bond acceptors (Lipinski definition) is 6. The van der Waals surface area contributed by atoms with Crippen molar-refractivity contribution in [2.45, 2.75) is 32.4 Å². The minimum Gasteiger partial charge on any atom is -0.330 e. The highest BCUT2D eigenvalue weighted by molar-refractivity contribution is 7.17. The maximum Gasteiger partial charge on any atom is 0.266 e. The summed E-state index contributed by atoms with van der Waals surface area (Å²) in [4.78, 5) is 31.9. The third kappa shape index (κ3) is 4.52. The Balaban J connectivity index is 1.63. The van der Waals surface area contributed by atoms with Crippen molar-refractivity contribution in [3.63, 3.8) is 0 Å². The molecule has 4 rings (SSSR count). The summed E-state index contributed by atoms with van der Waals surface area (Å²) in [5, 5.41) is 0.788. The lowest BCUT2D eigenvalue weighted by Gasteiger charge is -2.37. The van der Waals surface area contributed by atoms with Crippen LogP contribution in [0.15, 0.2) is 48.9 Å². The molecule has 7 heteroatoms. The summed E-state index contributed by atoms with van der Waals surface area (Å²) in [5.41, 5.74) is 2.62. The highest BCUT2D eigenvalue weighted by Gasteiger charge is 2.30. The van der Waals surface area contributed by atoms with E-state index < -0.39 is 0 Å². The van der Waals surface area contributed by atoms with Crippen molar-refractivity contribution in [2.75, 3.05) is 20.1 Å². The number of aromatic nitrogens is 3. The van der Waals surface area contributed by atoms with Crippen LogP contribution in [0.5, 0.6) is 0 Å². The number of aryl methyl sites for hydroxylation is 1. The summed E-state index contributed by atoms with van der Waals surface area (Å²) in [6, 6.07) is 9.92. The fraction of sp³-hybridized carbons (Fsp3) is 0.364. The molecule has 1 saturated heterocycles. The molecule has 1 amide bonds. The van der Waals surface area contributed by atoms with Gasteiger partial charge in [0.05, 0.1) is 11.4 Å². The second kappa shape index (κ2) is 8.80. The van der Waals surface area contributed by atoms with Crippen molar-refractivity contribution in [2.24, 2.45) is 0 Å². The Kier molecular flexibility index (Phi) is 5.97. The fourth-order valence-corrected chi connectivity index (χ4v) is 4.68. The van der Waals surface area contributed by atoms with Gasteiger partial charge in [-0.1, -0.05) is 12.1 Å². The number of carbonyl (C=O) groups excluding carboxylic acids is 1. The Labute approximate surface area is 175 Å². The van der Waals surface area contributed by atoms with E-state index in [0.717, 1.165) is 47.9 Å². The van der Waals surface area contributed by atoms with Crippen LogP contribution in [0, 0.1) is 6.92 Å². The summed E-state index contributed by atoms with van der Waals surface area (Å²) in [6.45, 7) is 4.48. The van der Waals surface area contributed by atoms with Crippen molar-refractivity contribution >= 4 is 17.2 Å². The zero-order valence-corrected chi connectivity index (χ0v) is 17.6. The first-order valence-electron chi connectivity index (χ1n) is 9.89. The first-order valence-corrected chi connectivity index (χ1v) is 10.7. The number of thiazole rings is 1. The van der Waals surface area contributed by atoms with Crippen LogP contribution in [0.2, 0.25) is 0 Å². The van der Waals surface area contributed by atoms with Gasteiger partial charge in [-0.25, -0.2) is 4.98 Å². The van der Waals surface area contributed by atoms with E-state index >= 15 is 0 Å². The molecule has 0 N–H and O–H groups in total. The van der Waals surface area contributed by atoms with Crippen LogP contribution in [0.4, 0.5) is 0 Å². The molecule has 0 bridgehead atoms. The van der Waals surface area contributed by atoms with Gasteiger partial charge in [0.25, 0.3) is 5.91 Å². The molecule has 150 valence electrons. The highest BCUT2D eigenvalue weighted by Crippen LogP contribution is 2.29. The van der Waals surface area contributed by atoms with Crippen LogP contribution in [-0.2, 0) is 6.54 Å². The number of carbonyl (C=O) groups is 1. The number of pyridine rings is 2. The summed E-state index contributed by atoms with van der Waals surface area (Å²) in [6.07, 6.45) is 7.31. The summed E-state index contributed by atoms with van der Waals surface area (Å²) < 4.78 is 0.